The van der Waals surface area contributed by atoms with Crippen molar-refractivity contribution >= 4 is 11.5 Å². The number of nitrogens with one attached hydrogen (secondary N) is 2. The fourth-order valence-corrected chi connectivity index (χ4v) is 1.60. The van der Waals surface area contributed by atoms with Crippen LogP contribution in [0.1, 0.15) is 19.8 Å². The molecule has 0 unspecified atom stereocenters. The minimum atomic E-state index is 0.902. The average molecular weight is 236 g/mol. The molecular formula is C13H24N4. The minimum Gasteiger partial charge on any atom is -0.385 e. The van der Waals surface area contributed by atoms with Crippen molar-refractivity contribution in [2.24, 2.45) is 0 Å². The van der Waals surface area contributed by atoms with Gasteiger partial charge in [-0.15, -0.1) is 0 Å². The van der Waals surface area contributed by atoms with E-state index in [-0.39, 0.29) is 0 Å². The van der Waals surface area contributed by atoms with Crippen LogP contribution in [0.15, 0.2) is 18.3 Å². The van der Waals surface area contributed by atoms with Crippen LogP contribution in [0, 0.1) is 0 Å². The van der Waals surface area contributed by atoms with Crippen LogP contribution in [0.25, 0.3) is 0 Å². The summed E-state index contributed by atoms with van der Waals surface area (Å²) in [6.07, 6.45) is 4.25. The van der Waals surface area contributed by atoms with Crippen molar-refractivity contribution in [2.45, 2.75) is 19.8 Å². The van der Waals surface area contributed by atoms with Crippen molar-refractivity contribution in [3.63, 3.8) is 0 Å². The van der Waals surface area contributed by atoms with Gasteiger partial charge >= 0.3 is 0 Å². The maximum Gasteiger partial charge on any atom is 0.127 e. The smallest absolute Gasteiger partial charge is 0.127 e. The van der Waals surface area contributed by atoms with Gasteiger partial charge in [0.1, 0.15) is 5.82 Å². The molecule has 1 rings (SSSR count). The van der Waals surface area contributed by atoms with Crippen LogP contribution < -0.4 is 10.6 Å². The highest BCUT2D eigenvalue weighted by Gasteiger charge is 1.96. The Hall–Kier alpha value is -1.29. The SMILES string of the molecule is CCNc1cc(NCCCCN(C)C)ccn1. The van der Waals surface area contributed by atoms with E-state index in [0.717, 1.165) is 31.1 Å². The van der Waals surface area contributed by atoms with E-state index in [1.807, 2.05) is 12.3 Å². The second-order valence-corrected chi connectivity index (χ2v) is 4.40. The van der Waals surface area contributed by atoms with Crippen molar-refractivity contribution < 1.29 is 0 Å². The highest BCUT2D eigenvalue weighted by Crippen LogP contribution is 2.11. The highest BCUT2D eigenvalue weighted by atomic mass is 15.0. The second kappa shape index (κ2) is 7.90. The van der Waals surface area contributed by atoms with E-state index >= 15 is 0 Å². The van der Waals surface area contributed by atoms with E-state index in [1.165, 1.54) is 12.8 Å². The molecule has 96 valence electrons. The number of nitrogens with zero attached hydrogens (tertiary/aromatic N) is 2. The molecule has 0 aliphatic rings. The molecule has 17 heavy (non-hydrogen) atoms. The molecule has 0 aliphatic heterocycles. The first-order valence-electron chi connectivity index (χ1n) is 6.31. The van der Waals surface area contributed by atoms with Crippen LogP contribution in [0.4, 0.5) is 11.5 Å². The summed E-state index contributed by atoms with van der Waals surface area (Å²) in [5.74, 6) is 0.936. The zero-order chi connectivity index (χ0) is 12.5. The Morgan fingerprint density at radius 3 is 2.76 bits per heavy atom. The zero-order valence-electron chi connectivity index (χ0n) is 11.2. The van der Waals surface area contributed by atoms with Crippen molar-refractivity contribution in [1.82, 2.24) is 9.88 Å². The molecule has 4 nitrogen and oxygen atoms in total. The van der Waals surface area contributed by atoms with Crippen molar-refractivity contribution in [1.29, 1.82) is 0 Å². The quantitative estimate of drug-likeness (QED) is 0.679. The predicted molar refractivity (Wildman–Crippen MR) is 74.7 cm³/mol. The van der Waals surface area contributed by atoms with Gasteiger partial charge in [0.05, 0.1) is 0 Å². The van der Waals surface area contributed by atoms with Gasteiger partial charge in [-0.25, -0.2) is 4.98 Å². The monoisotopic (exact) mass is 236 g/mol. The third-order valence-electron chi connectivity index (χ3n) is 2.48. The first-order valence-corrected chi connectivity index (χ1v) is 6.31. The molecule has 0 saturated heterocycles. The lowest BCUT2D eigenvalue weighted by molar-refractivity contribution is 0.396. The Bertz CT molecular complexity index is 312. The summed E-state index contributed by atoms with van der Waals surface area (Å²) in [5.41, 5.74) is 1.14. The van der Waals surface area contributed by atoms with Crippen LogP contribution in [0.2, 0.25) is 0 Å². The standard InChI is InChI=1S/C13H24N4/c1-4-14-13-11-12(7-9-16-13)15-8-5-6-10-17(2)3/h7,9,11H,4-6,8,10H2,1-3H3,(H2,14,15,16). The fourth-order valence-electron chi connectivity index (χ4n) is 1.60. The van der Waals surface area contributed by atoms with Gasteiger partial charge in [0.15, 0.2) is 0 Å². The summed E-state index contributed by atoms with van der Waals surface area (Å²) in [6.45, 7) is 5.15. The summed E-state index contributed by atoms with van der Waals surface area (Å²) in [7, 11) is 4.22. The Labute approximate surface area is 104 Å². The number of rotatable bonds is 8. The second-order valence-electron chi connectivity index (χ2n) is 4.40. The molecule has 2 N–H and O–H groups in total. The molecule has 0 aliphatic carbocycles. The molecule has 1 aromatic heterocycles. The fraction of sp³-hybridized carbons (Fsp3) is 0.615. The summed E-state index contributed by atoms with van der Waals surface area (Å²) in [4.78, 5) is 6.46. The molecule has 0 spiro atoms. The molecule has 0 saturated carbocycles. The first-order chi connectivity index (χ1) is 8.22. The molecule has 1 aromatic rings. The molecule has 0 aromatic carbocycles. The number of pyridine rings is 1. The molecule has 0 fully saturated rings. The van der Waals surface area contributed by atoms with Crippen molar-refractivity contribution in [3.8, 4) is 0 Å². The lowest BCUT2D eigenvalue weighted by atomic mass is 10.3. The van der Waals surface area contributed by atoms with Crippen molar-refractivity contribution in [3.05, 3.63) is 18.3 Å². The topological polar surface area (TPSA) is 40.2 Å². The van der Waals surface area contributed by atoms with Crippen LogP contribution in [-0.2, 0) is 0 Å². The van der Waals surface area contributed by atoms with Crippen LogP contribution in [0.5, 0.6) is 0 Å². The average Bonchev–Trinajstić information content (AvgIpc) is 2.29. The van der Waals surface area contributed by atoms with Gasteiger partial charge in [-0.05, 0) is 46.5 Å². The van der Waals surface area contributed by atoms with E-state index in [2.05, 4.69) is 47.6 Å². The van der Waals surface area contributed by atoms with Gasteiger partial charge in [-0.3, -0.25) is 0 Å². The lowest BCUT2D eigenvalue weighted by Crippen LogP contribution is -2.14. The first kappa shape index (κ1) is 13.8. The Morgan fingerprint density at radius 1 is 1.24 bits per heavy atom. The molecule has 1 heterocycles. The maximum atomic E-state index is 4.24. The van der Waals surface area contributed by atoms with E-state index in [9.17, 15) is 0 Å². The van der Waals surface area contributed by atoms with E-state index in [4.69, 9.17) is 0 Å². The highest BCUT2D eigenvalue weighted by molar-refractivity contribution is 5.51. The van der Waals surface area contributed by atoms with Gasteiger partial charge in [0, 0.05) is 31.0 Å². The summed E-state index contributed by atoms with van der Waals surface area (Å²) < 4.78 is 0. The van der Waals surface area contributed by atoms with Gasteiger partial charge in [-0.2, -0.15) is 0 Å². The molecule has 0 amide bonds. The van der Waals surface area contributed by atoms with Gasteiger partial charge in [0.25, 0.3) is 0 Å². The third-order valence-corrected chi connectivity index (χ3v) is 2.48. The lowest BCUT2D eigenvalue weighted by Gasteiger charge is -2.10. The maximum absolute atomic E-state index is 4.24. The largest absolute Gasteiger partial charge is 0.385 e. The van der Waals surface area contributed by atoms with Crippen LogP contribution in [0.3, 0.4) is 0 Å². The Balaban J connectivity index is 2.24. The molecular weight excluding hydrogens is 212 g/mol. The number of anilines is 2. The predicted octanol–water partition coefficient (Wildman–Crippen LogP) is 2.27. The van der Waals surface area contributed by atoms with Crippen LogP contribution >= 0.6 is 0 Å². The number of hydrogen-bond acceptors (Lipinski definition) is 4. The van der Waals surface area contributed by atoms with E-state index in [1.54, 1.807) is 0 Å². The normalized spacial score (nSPS) is 10.6. The minimum absolute atomic E-state index is 0.902. The zero-order valence-corrected chi connectivity index (χ0v) is 11.2. The molecule has 4 heteroatoms. The molecule has 0 bridgehead atoms. The van der Waals surface area contributed by atoms with Crippen LogP contribution in [-0.4, -0.2) is 43.6 Å². The number of hydrogen-bond donors (Lipinski definition) is 2. The van der Waals surface area contributed by atoms with E-state index < -0.39 is 0 Å². The number of unbranched alkanes of at least 4 members (excludes halogenated alkanes) is 1. The van der Waals surface area contributed by atoms with Crippen molar-refractivity contribution in [2.75, 3.05) is 44.4 Å². The molecule has 0 atom stereocenters. The summed E-state index contributed by atoms with van der Waals surface area (Å²) >= 11 is 0. The molecule has 0 radical (unpaired) electrons. The third kappa shape index (κ3) is 6.12. The Kier molecular flexibility index (Phi) is 6.40. The number of aromatic nitrogens is 1. The Morgan fingerprint density at radius 2 is 2.06 bits per heavy atom. The van der Waals surface area contributed by atoms with Gasteiger partial charge in [0.2, 0.25) is 0 Å². The van der Waals surface area contributed by atoms with Gasteiger partial charge < -0.3 is 15.5 Å². The van der Waals surface area contributed by atoms with Gasteiger partial charge in [-0.1, -0.05) is 0 Å². The summed E-state index contributed by atoms with van der Waals surface area (Å²) in [5, 5.41) is 6.63. The van der Waals surface area contributed by atoms with E-state index in [0.29, 0.717) is 0 Å². The summed E-state index contributed by atoms with van der Waals surface area (Å²) in [6, 6.07) is 4.06.